The third-order valence-corrected chi connectivity index (χ3v) is 4.70. The first-order chi connectivity index (χ1) is 11.7. The highest BCUT2D eigenvalue weighted by Gasteiger charge is 2.15. The highest BCUT2D eigenvalue weighted by Crippen LogP contribution is 2.32. The molecule has 0 spiro atoms. The normalized spacial score (nSPS) is 12.2. The van der Waals surface area contributed by atoms with Crippen LogP contribution in [0.2, 0.25) is 0 Å². The minimum absolute atomic E-state index is 0.103. The number of hydrogen-bond acceptors (Lipinski definition) is 6. The van der Waals surface area contributed by atoms with Crippen molar-refractivity contribution >= 4 is 33.4 Å². The summed E-state index contributed by atoms with van der Waals surface area (Å²) in [5.74, 6) is 1.15. The van der Waals surface area contributed by atoms with Gasteiger partial charge >= 0.3 is 0 Å². The Morgan fingerprint density at radius 1 is 1.21 bits per heavy atom. The molecule has 4 aromatic rings. The lowest BCUT2D eigenvalue weighted by atomic mass is 10.2. The minimum Gasteiger partial charge on any atom is -0.493 e. The molecule has 0 saturated carbocycles. The lowest BCUT2D eigenvalue weighted by molar-refractivity contribution is 0.355. The van der Waals surface area contributed by atoms with Crippen molar-refractivity contribution in [1.29, 1.82) is 0 Å². The van der Waals surface area contributed by atoms with Crippen molar-refractivity contribution < 1.29 is 9.47 Å². The summed E-state index contributed by atoms with van der Waals surface area (Å²) >= 11 is 1.35. The average molecular weight is 339 g/mol. The Kier molecular flexibility index (Phi) is 3.42. The molecule has 24 heavy (non-hydrogen) atoms. The predicted octanol–water partition coefficient (Wildman–Crippen LogP) is 1.87. The number of methoxy groups -OCH3 is 2. The number of imidazole rings is 1. The van der Waals surface area contributed by atoms with Gasteiger partial charge in [-0.25, -0.2) is 9.38 Å². The Hall–Kier alpha value is -2.93. The van der Waals surface area contributed by atoms with Crippen molar-refractivity contribution in [2.24, 2.45) is 0 Å². The standard InChI is InChI=1S/C17H13N3O3S/c1-22-13-7-11-12(8-14(13)23-2)20-16(21)15(24-17(20)19-11)6-10-4-3-5-18-9-10/h3-9H,1-2H3/b15-6-. The third-order valence-electron chi connectivity index (χ3n) is 3.73. The average Bonchev–Trinajstić information content (AvgIpc) is 3.10. The Morgan fingerprint density at radius 3 is 2.71 bits per heavy atom. The van der Waals surface area contributed by atoms with Crippen LogP contribution in [0.3, 0.4) is 0 Å². The number of fused-ring (bicyclic) bond motifs is 3. The number of nitrogens with zero attached hydrogens (tertiary/aromatic N) is 3. The van der Waals surface area contributed by atoms with Crippen LogP contribution in [0.1, 0.15) is 5.56 Å². The lowest BCUT2D eigenvalue weighted by Gasteiger charge is -2.06. The van der Waals surface area contributed by atoms with Crippen molar-refractivity contribution in [1.82, 2.24) is 14.4 Å². The van der Waals surface area contributed by atoms with Crippen LogP contribution >= 0.6 is 11.3 Å². The van der Waals surface area contributed by atoms with Gasteiger partial charge in [-0.2, -0.15) is 0 Å². The van der Waals surface area contributed by atoms with Crippen molar-refractivity contribution in [2.75, 3.05) is 14.2 Å². The molecule has 0 aliphatic rings. The summed E-state index contributed by atoms with van der Waals surface area (Å²) in [5.41, 5.74) is 2.18. The second kappa shape index (κ2) is 5.61. The van der Waals surface area contributed by atoms with Crippen molar-refractivity contribution in [3.63, 3.8) is 0 Å². The first-order valence-electron chi connectivity index (χ1n) is 7.20. The molecule has 7 heteroatoms. The molecule has 3 heterocycles. The van der Waals surface area contributed by atoms with Crippen LogP contribution in [0, 0.1) is 0 Å². The van der Waals surface area contributed by atoms with E-state index in [1.165, 1.54) is 11.3 Å². The maximum Gasteiger partial charge on any atom is 0.274 e. The minimum atomic E-state index is -0.103. The van der Waals surface area contributed by atoms with Gasteiger partial charge in [-0.1, -0.05) is 17.4 Å². The molecule has 0 fully saturated rings. The molecule has 1 aromatic carbocycles. The fourth-order valence-electron chi connectivity index (χ4n) is 2.60. The summed E-state index contributed by atoms with van der Waals surface area (Å²) in [6.07, 6.45) is 5.24. The fraction of sp³-hybridized carbons (Fsp3) is 0.118. The molecular weight excluding hydrogens is 326 g/mol. The van der Waals surface area contributed by atoms with Gasteiger partial charge in [-0.05, 0) is 17.7 Å². The Labute approximate surface area is 140 Å². The highest BCUT2D eigenvalue weighted by molar-refractivity contribution is 7.15. The zero-order valence-electron chi connectivity index (χ0n) is 13.0. The highest BCUT2D eigenvalue weighted by atomic mass is 32.1. The number of aromatic nitrogens is 3. The quantitative estimate of drug-likeness (QED) is 0.570. The van der Waals surface area contributed by atoms with Gasteiger partial charge in [-0.15, -0.1) is 0 Å². The van der Waals surface area contributed by atoms with E-state index in [9.17, 15) is 4.79 Å². The van der Waals surface area contributed by atoms with Gasteiger partial charge in [0.15, 0.2) is 16.5 Å². The maximum absolute atomic E-state index is 12.8. The largest absolute Gasteiger partial charge is 0.493 e. The van der Waals surface area contributed by atoms with Crippen molar-refractivity contribution in [3.8, 4) is 11.5 Å². The summed E-state index contributed by atoms with van der Waals surface area (Å²) in [5, 5.41) is 0. The van der Waals surface area contributed by atoms with Gasteiger partial charge in [0.1, 0.15) is 0 Å². The molecule has 3 aromatic heterocycles. The number of rotatable bonds is 3. The molecule has 0 amide bonds. The van der Waals surface area contributed by atoms with Gasteiger partial charge < -0.3 is 9.47 Å². The zero-order valence-corrected chi connectivity index (χ0v) is 13.8. The van der Waals surface area contributed by atoms with Crippen molar-refractivity contribution in [3.05, 3.63) is 57.1 Å². The van der Waals surface area contributed by atoms with Crippen LogP contribution in [-0.2, 0) is 0 Å². The van der Waals surface area contributed by atoms with E-state index in [4.69, 9.17) is 9.47 Å². The summed E-state index contributed by atoms with van der Waals surface area (Å²) in [4.78, 5) is 22.0. The van der Waals surface area contributed by atoms with Gasteiger partial charge in [0.05, 0.1) is 29.8 Å². The molecule has 0 atom stereocenters. The second-order valence-corrected chi connectivity index (χ2v) is 6.14. The topological polar surface area (TPSA) is 65.7 Å². The Morgan fingerprint density at radius 2 is 2.00 bits per heavy atom. The van der Waals surface area contributed by atoms with E-state index >= 15 is 0 Å². The molecule has 0 saturated heterocycles. The third kappa shape index (κ3) is 2.21. The van der Waals surface area contributed by atoms with Crippen LogP contribution < -0.4 is 19.6 Å². The SMILES string of the molecule is COc1cc2nc3s/c(=C\c4cccnc4)c(=O)n3c2cc1OC. The Bertz CT molecular complexity index is 1150. The van der Waals surface area contributed by atoms with Crippen LogP contribution in [0.4, 0.5) is 0 Å². The lowest BCUT2D eigenvalue weighted by Crippen LogP contribution is -2.22. The second-order valence-electron chi connectivity index (χ2n) is 5.13. The molecule has 4 rings (SSSR count). The zero-order chi connectivity index (χ0) is 16.7. The van der Waals surface area contributed by atoms with Gasteiger partial charge in [0, 0.05) is 24.5 Å². The smallest absolute Gasteiger partial charge is 0.274 e. The molecule has 0 aliphatic carbocycles. The van der Waals surface area contributed by atoms with E-state index in [2.05, 4.69) is 9.97 Å². The molecule has 0 unspecified atom stereocenters. The number of thiazole rings is 1. The van der Waals surface area contributed by atoms with E-state index in [1.54, 1.807) is 43.1 Å². The van der Waals surface area contributed by atoms with E-state index < -0.39 is 0 Å². The molecule has 6 nitrogen and oxygen atoms in total. The van der Waals surface area contributed by atoms with Gasteiger partial charge in [-0.3, -0.25) is 9.78 Å². The number of benzene rings is 1. The van der Waals surface area contributed by atoms with E-state index in [0.29, 0.717) is 32.0 Å². The molecular formula is C17H13N3O3S. The first-order valence-corrected chi connectivity index (χ1v) is 8.01. The Balaban J connectivity index is 2.00. The predicted molar refractivity (Wildman–Crippen MR) is 93.0 cm³/mol. The van der Waals surface area contributed by atoms with Gasteiger partial charge in [0.25, 0.3) is 5.56 Å². The van der Waals surface area contributed by atoms with Gasteiger partial charge in [0.2, 0.25) is 0 Å². The van der Waals surface area contributed by atoms with Crippen molar-refractivity contribution in [2.45, 2.75) is 0 Å². The molecule has 120 valence electrons. The fourth-order valence-corrected chi connectivity index (χ4v) is 3.59. The number of hydrogen-bond donors (Lipinski definition) is 0. The monoisotopic (exact) mass is 339 g/mol. The summed E-state index contributed by atoms with van der Waals surface area (Å²) in [6.45, 7) is 0. The van der Waals surface area contributed by atoms with E-state index in [1.807, 2.05) is 18.2 Å². The number of pyridine rings is 1. The van der Waals surface area contributed by atoms with Crippen LogP contribution in [0.5, 0.6) is 11.5 Å². The maximum atomic E-state index is 12.8. The van der Waals surface area contributed by atoms with Crippen LogP contribution in [0.25, 0.3) is 22.1 Å². The van der Waals surface area contributed by atoms with E-state index in [0.717, 1.165) is 5.56 Å². The van der Waals surface area contributed by atoms with E-state index in [-0.39, 0.29) is 5.56 Å². The molecule has 0 aliphatic heterocycles. The summed E-state index contributed by atoms with van der Waals surface area (Å²) in [6, 6.07) is 7.29. The van der Waals surface area contributed by atoms with Crippen LogP contribution in [0.15, 0.2) is 41.5 Å². The number of ether oxygens (including phenoxy) is 2. The summed E-state index contributed by atoms with van der Waals surface area (Å²) in [7, 11) is 3.14. The summed E-state index contributed by atoms with van der Waals surface area (Å²) < 4.78 is 12.8. The molecule has 0 N–H and O–H groups in total. The molecule has 0 bridgehead atoms. The van der Waals surface area contributed by atoms with Crippen LogP contribution in [-0.4, -0.2) is 28.6 Å². The first kappa shape index (κ1) is 14.6. The molecule has 0 radical (unpaired) electrons.